The highest BCUT2D eigenvalue weighted by atomic mass is 19.4. The SMILES string of the molecule is CCOc1ncc(-c2ccc(C(F)(F)F)c3[nH]c(=O)oc23)nc1C(F)F. The molecule has 0 fully saturated rings. The summed E-state index contributed by atoms with van der Waals surface area (Å²) in [6.07, 6.45) is -6.72. The molecule has 0 radical (unpaired) electrons. The largest absolute Gasteiger partial charge is 0.477 e. The molecule has 0 saturated heterocycles. The van der Waals surface area contributed by atoms with Crippen molar-refractivity contribution in [2.24, 2.45) is 0 Å². The summed E-state index contributed by atoms with van der Waals surface area (Å²) >= 11 is 0. The summed E-state index contributed by atoms with van der Waals surface area (Å²) in [7, 11) is 0. The van der Waals surface area contributed by atoms with Crippen molar-refractivity contribution >= 4 is 11.1 Å². The average molecular weight is 375 g/mol. The van der Waals surface area contributed by atoms with Crippen molar-refractivity contribution in [3.8, 4) is 17.1 Å². The Morgan fingerprint density at radius 1 is 1.31 bits per heavy atom. The number of benzene rings is 1. The second-order valence-corrected chi connectivity index (χ2v) is 5.06. The monoisotopic (exact) mass is 375 g/mol. The molecule has 3 aromatic rings. The topological polar surface area (TPSA) is 81.0 Å². The van der Waals surface area contributed by atoms with Gasteiger partial charge in [0.05, 0.1) is 24.1 Å². The third-order valence-electron chi connectivity index (χ3n) is 3.41. The third kappa shape index (κ3) is 3.11. The van der Waals surface area contributed by atoms with Gasteiger partial charge in [0.15, 0.2) is 11.3 Å². The van der Waals surface area contributed by atoms with Crippen molar-refractivity contribution in [3.05, 3.63) is 40.1 Å². The van der Waals surface area contributed by atoms with Crippen molar-refractivity contribution in [1.29, 1.82) is 0 Å². The number of alkyl halides is 5. The minimum atomic E-state index is -4.75. The number of hydrogen-bond acceptors (Lipinski definition) is 5. The number of halogens is 5. The Labute approximate surface area is 141 Å². The Hall–Kier alpha value is -2.98. The number of aromatic amines is 1. The molecule has 0 saturated carbocycles. The number of rotatable bonds is 4. The lowest BCUT2D eigenvalue weighted by Gasteiger charge is -2.11. The van der Waals surface area contributed by atoms with Crippen LogP contribution in [0, 0.1) is 0 Å². The highest BCUT2D eigenvalue weighted by Gasteiger charge is 2.35. The molecule has 1 N–H and O–H groups in total. The Kier molecular flexibility index (Phi) is 4.38. The molecule has 3 rings (SSSR count). The fourth-order valence-electron chi connectivity index (χ4n) is 2.38. The van der Waals surface area contributed by atoms with Crippen molar-refractivity contribution in [3.63, 3.8) is 0 Å². The Bertz CT molecular complexity index is 1010. The van der Waals surface area contributed by atoms with E-state index in [0.29, 0.717) is 6.07 Å². The third-order valence-corrected chi connectivity index (χ3v) is 3.41. The lowest BCUT2D eigenvalue weighted by molar-refractivity contribution is -0.136. The van der Waals surface area contributed by atoms with E-state index in [1.807, 2.05) is 4.98 Å². The molecule has 0 aliphatic heterocycles. The standard InChI is InChI=1S/C15H10F5N3O3/c1-2-25-13-10(12(16)17)22-8(5-21-13)6-3-4-7(15(18,19)20)9-11(6)26-14(24)23-9/h3-5,12H,2H2,1H3,(H,23,24). The molecule has 0 spiro atoms. The van der Waals surface area contributed by atoms with Gasteiger partial charge in [0.2, 0.25) is 5.88 Å². The lowest BCUT2D eigenvalue weighted by Crippen LogP contribution is -2.07. The zero-order chi connectivity index (χ0) is 19.1. The fourth-order valence-corrected chi connectivity index (χ4v) is 2.38. The maximum atomic E-state index is 13.2. The van der Waals surface area contributed by atoms with Crippen LogP contribution in [0.25, 0.3) is 22.4 Å². The van der Waals surface area contributed by atoms with Crippen LogP contribution in [0.2, 0.25) is 0 Å². The second-order valence-electron chi connectivity index (χ2n) is 5.06. The highest BCUT2D eigenvalue weighted by Crippen LogP contribution is 2.38. The van der Waals surface area contributed by atoms with Gasteiger partial charge in [-0.1, -0.05) is 0 Å². The first-order chi connectivity index (χ1) is 12.2. The first-order valence-corrected chi connectivity index (χ1v) is 7.23. The number of nitrogens with zero attached hydrogens (tertiary/aromatic N) is 2. The van der Waals surface area contributed by atoms with Crippen molar-refractivity contribution in [1.82, 2.24) is 15.0 Å². The molecule has 0 aliphatic rings. The van der Waals surface area contributed by atoms with Crippen LogP contribution < -0.4 is 10.5 Å². The summed E-state index contributed by atoms with van der Waals surface area (Å²) in [6, 6.07) is 1.67. The number of ether oxygens (including phenoxy) is 1. The van der Waals surface area contributed by atoms with E-state index >= 15 is 0 Å². The molecule has 0 amide bonds. The number of fused-ring (bicyclic) bond motifs is 1. The lowest BCUT2D eigenvalue weighted by atomic mass is 10.1. The molecule has 6 nitrogen and oxygen atoms in total. The minimum Gasteiger partial charge on any atom is -0.477 e. The smallest absolute Gasteiger partial charge is 0.418 e. The van der Waals surface area contributed by atoms with E-state index in [-0.39, 0.29) is 23.7 Å². The number of hydrogen-bond donors (Lipinski definition) is 1. The van der Waals surface area contributed by atoms with Gasteiger partial charge in [-0.2, -0.15) is 13.2 Å². The van der Waals surface area contributed by atoms with E-state index in [9.17, 15) is 26.7 Å². The first-order valence-electron chi connectivity index (χ1n) is 7.23. The van der Waals surface area contributed by atoms with Gasteiger partial charge >= 0.3 is 11.9 Å². The van der Waals surface area contributed by atoms with Gasteiger partial charge in [0, 0.05) is 5.56 Å². The van der Waals surface area contributed by atoms with Crippen molar-refractivity contribution in [2.75, 3.05) is 6.61 Å². The molecule has 26 heavy (non-hydrogen) atoms. The molecule has 0 atom stereocenters. The Morgan fingerprint density at radius 2 is 2.04 bits per heavy atom. The average Bonchev–Trinajstić information content (AvgIpc) is 2.94. The quantitative estimate of drug-likeness (QED) is 0.699. The zero-order valence-electron chi connectivity index (χ0n) is 13.0. The molecular weight excluding hydrogens is 365 g/mol. The summed E-state index contributed by atoms with van der Waals surface area (Å²) < 4.78 is 75.3. The first kappa shape index (κ1) is 17.8. The predicted molar refractivity (Wildman–Crippen MR) is 79.0 cm³/mol. The number of H-pyrrole nitrogens is 1. The van der Waals surface area contributed by atoms with E-state index in [1.54, 1.807) is 6.92 Å². The predicted octanol–water partition coefficient (Wildman–Crippen LogP) is 3.93. The molecule has 11 heteroatoms. The molecule has 0 unspecified atom stereocenters. The van der Waals surface area contributed by atoms with E-state index in [1.165, 1.54) is 0 Å². The van der Waals surface area contributed by atoms with Crippen LogP contribution in [-0.2, 0) is 6.18 Å². The zero-order valence-corrected chi connectivity index (χ0v) is 13.0. The second kappa shape index (κ2) is 6.39. The summed E-state index contributed by atoms with van der Waals surface area (Å²) in [6.45, 7) is 1.64. The molecule has 1 aromatic carbocycles. The summed E-state index contributed by atoms with van der Waals surface area (Å²) in [5.74, 6) is -1.50. The Morgan fingerprint density at radius 3 is 2.65 bits per heavy atom. The number of aromatic nitrogens is 3. The van der Waals surface area contributed by atoms with E-state index in [2.05, 4.69) is 9.97 Å². The maximum absolute atomic E-state index is 13.2. The van der Waals surface area contributed by atoms with Gasteiger partial charge in [0.25, 0.3) is 6.43 Å². The van der Waals surface area contributed by atoms with Crippen LogP contribution in [-0.4, -0.2) is 21.6 Å². The van der Waals surface area contributed by atoms with E-state index in [4.69, 9.17) is 9.15 Å². The highest BCUT2D eigenvalue weighted by molar-refractivity contribution is 5.91. The van der Waals surface area contributed by atoms with Crippen molar-refractivity contribution < 1.29 is 31.1 Å². The van der Waals surface area contributed by atoms with Gasteiger partial charge in [-0.3, -0.25) is 4.98 Å². The van der Waals surface area contributed by atoms with Crippen LogP contribution in [0.4, 0.5) is 22.0 Å². The molecule has 138 valence electrons. The van der Waals surface area contributed by atoms with Crippen molar-refractivity contribution in [2.45, 2.75) is 19.5 Å². The maximum Gasteiger partial charge on any atom is 0.418 e. The summed E-state index contributed by atoms with van der Waals surface area (Å²) in [5.41, 5.74) is -3.24. The summed E-state index contributed by atoms with van der Waals surface area (Å²) in [4.78, 5) is 20.8. The van der Waals surface area contributed by atoms with Gasteiger partial charge in [0.1, 0.15) is 5.52 Å². The van der Waals surface area contributed by atoms with Gasteiger partial charge in [-0.25, -0.2) is 23.5 Å². The van der Waals surface area contributed by atoms with Crippen LogP contribution >= 0.6 is 0 Å². The summed E-state index contributed by atoms with van der Waals surface area (Å²) in [5, 5.41) is 0. The molecule has 2 aromatic heterocycles. The van der Waals surface area contributed by atoms with Crippen LogP contribution in [0.15, 0.2) is 27.5 Å². The van der Waals surface area contributed by atoms with E-state index < -0.39 is 40.7 Å². The van der Waals surface area contributed by atoms with Crippen LogP contribution in [0.3, 0.4) is 0 Å². The molecule has 0 aliphatic carbocycles. The fraction of sp³-hybridized carbons (Fsp3) is 0.267. The molecule has 0 bridgehead atoms. The molecular formula is C15H10F5N3O3. The number of oxazole rings is 1. The molecule has 2 heterocycles. The van der Waals surface area contributed by atoms with Gasteiger partial charge in [-0.15, -0.1) is 0 Å². The van der Waals surface area contributed by atoms with Gasteiger partial charge in [-0.05, 0) is 19.1 Å². The van der Waals surface area contributed by atoms with E-state index in [0.717, 1.165) is 12.3 Å². The Balaban J connectivity index is 2.24. The van der Waals surface area contributed by atoms with Crippen LogP contribution in [0.1, 0.15) is 24.6 Å². The minimum absolute atomic E-state index is 0.0744. The number of nitrogens with one attached hydrogen (secondary N) is 1. The normalized spacial score (nSPS) is 12.1. The van der Waals surface area contributed by atoms with Crippen LogP contribution in [0.5, 0.6) is 5.88 Å². The van der Waals surface area contributed by atoms with Gasteiger partial charge < -0.3 is 9.15 Å².